The number of carbonyl (C=O) groups excluding carboxylic acids is 2. The number of rotatable bonds is 3. The minimum absolute atomic E-state index is 0.112. The Morgan fingerprint density at radius 2 is 1.78 bits per heavy atom. The summed E-state index contributed by atoms with van der Waals surface area (Å²) in [5.74, 6) is -0.0876. The van der Waals surface area contributed by atoms with Crippen LogP contribution in [0.5, 0.6) is 0 Å². The van der Waals surface area contributed by atoms with Gasteiger partial charge in [-0.05, 0) is 50.8 Å². The number of amides is 2. The number of carbonyl (C=O) groups is 2. The van der Waals surface area contributed by atoms with Gasteiger partial charge in [0, 0.05) is 24.7 Å². The number of hydrogen-bond acceptors (Lipinski definition) is 3. The van der Waals surface area contributed by atoms with E-state index >= 15 is 0 Å². The van der Waals surface area contributed by atoms with Crippen molar-refractivity contribution in [3.63, 3.8) is 0 Å². The second-order valence-corrected chi connectivity index (χ2v) is 6.64. The second kappa shape index (κ2) is 6.71. The molecule has 5 nitrogen and oxygen atoms in total. The van der Waals surface area contributed by atoms with Crippen molar-refractivity contribution in [1.29, 1.82) is 0 Å². The van der Waals surface area contributed by atoms with E-state index in [0.717, 1.165) is 56.4 Å². The lowest BCUT2D eigenvalue weighted by molar-refractivity contribution is -0.123. The van der Waals surface area contributed by atoms with Crippen molar-refractivity contribution >= 4 is 11.8 Å². The third-order valence-electron chi connectivity index (χ3n) is 5.22. The lowest BCUT2D eigenvalue weighted by Gasteiger charge is -2.38. The van der Waals surface area contributed by atoms with E-state index < -0.39 is 0 Å². The number of primary amides is 1. The highest BCUT2D eigenvalue weighted by Gasteiger charge is 2.36. The number of nitrogens with zero attached hydrogens (tertiary/aromatic N) is 2. The normalized spacial score (nSPS) is 23.2. The van der Waals surface area contributed by atoms with Crippen LogP contribution >= 0.6 is 0 Å². The zero-order valence-corrected chi connectivity index (χ0v) is 13.7. The Morgan fingerprint density at radius 1 is 1.09 bits per heavy atom. The summed E-state index contributed by atoms with van der Waals surface area (Å²) in [6, 6.07) is 7.99. The average Bonchev–Trinajstić information content (AvgIpc) is 3.05. The minimum Gasteiger partial charge on any atom is -0.368 e. The van der Waals surface area contributed by atoms with Crippen molar-refractivity contribution < 1.29 is 9.59 Å². The fraction of sp³-hybridized carbons (Fsp3) is 0.556. The molecule has 2 aliphatic heterocycles. The van der Waals surface area contributed by atoms with Crippen LogP contribution in [0.25, 0.3) is 0 Å². The lowest BCUT2D eigenvalue weighted by Crippen LogP contribution is -2.51. The molecule has 124 valence electrons. The van der Waals surface area contributed by atoms with Crippen molar-refractivity contribution in [3.8, 4) is 0 Å². The van der Waals surface area contributed by atoms with E-state index in [4.69, 9.17) is 5.73 Å². The summed E-state index contributed by atoms with van der Waals surface area (Å²) in [6.07, 6.45) is 3.75. The first-order valence-electron chi connectivity index (χ1n) is 8.48. The first-order valence-corrected chi connectivity index (χ1v) is 8.48. The smallest absolute Gasteiger partial charge is 0.254 e. The number of likely N-dealkylation sites (tertiary alicyclic amines) is 2. The predicted octanol–water partition coefficient (Wildman–Crippen LogP) is 1.55. The molecule has 0 unspecified atom stereocenters. The maximum Gasteiger partial charge on any atom is 0.254 e. The Bertz CT molecular complexity index is 594. The van der Waals surface area contributed by atoms with Gasteiger partial charge >= 0.3 is 0 Å². The van der Waals surface area contributed by atoms with E-state index in [-0.39, 0.29) is 17.9 Å². The van der Waals surface area contributed by atoms with E-state index in [1.165, 1.54) is 0 Å². The van der Waals surface area contributed by atoms with Gasteiger partial charge in [0.15, 0.2) is 0 Å². The molecule has 1 atom stereocenters. The van der Waals surface area contributed by atoms with Crippen molar-refractivity contribution in [2.75, 3.05) is 19.6 Å². The summed E-state index contributed by atoms with van der Waals surface area (Å²) in [5.41, 5.74) is 7.33. The molecular formula is C18H25N3O2. The highest BCUT2D eigenvalue weighted by Crippen LogP contribution is 2.26. The van der Waals surface area contributed by atoms with Gasteiger partial charge in [-0.15, -0.1) is 0 Å². The van der Waals surface area contributed by atoms with Gasteiger partial charge in [-0.1, -0.05) is 18.2 Å². The highest BCUT2D eigenvalue weighted by molar-refractivity contribution is 5.95. The SMILES string of the molecule is Cc1ccccc1C(=O)N1CCC(N2CCC[C@@H]2C(N)=O)CC1. The Balaban J connectivity index is 1.61. The van der Waals surface area contributed by atoms with E-state index in [0.29, 0.717) is 6.04 Å². The van der Waals surface area contributed by atoms with Crippen LogP contribution in [0.3, 0.4) is 0 Å². The van der Waals surface area contributed by atoms with Crippen LogP contribution in [0.2, 0.25) is 0 Å². The zero-order chi connectivity index (χ0) is 16.4. The topological polar surface area (TPSA) is 66.6 Å². The maximum atomic E-state index is 12.7. The van der Waals surface area contributed by atoms with E-state index in [2.05, 4.69) is 4.90 Å². The molecule has 3 rings (SSSR count). The average molecular weight is 315 g/mol. The molecule has 2 saturated heterocycles. The summed E-state index contributed by atoms with van der Waals surface area (Å²) in [5, 5.41) is 0. The summed E-state index contributed by atoms with van der Waals surface area (Å²) in [6.45, 7) is 4.42. The number of hydrogen-bond donors (Lipinski definition) is 1. The standard InChI is InChI=1S/C18H25N3O2/c1-13-5-2-3-6-15(13)18(23)20-11-8-14(9-12-20)21-10-4-7-16(21)17(19)22/h2-3,5-6,14,16H,4,7-12H2,1H3,(H2,19,22)/t16-/m1/s1. The first-order chi connectivity index (χ1) is 11.1. The fourth-order valence-corrected chi connectivity index (χ4v) is 3.92. The van der Waals surface area contributed by atoms with Crippen LogP contribution in [0, 0.1) is 6.92 Å². The van der Waals surface area contributed by atoms with Gasteiger partial charge in [0.2, 0.25) is 5.91 Å². The van der Waals surface area contributed by atoms with Crippen molar-refractivity contribution in [3.05, 3.63) is 35.4 Å². The zero-order valence-electron chi connectivity index (χ0n) is 13.7. The van der Waals surface area contributed by atoms with Gasteiger partial charge in [0.1, 0.15) is 0 Å². The maximum absolute atomic E-state index is 12.7. The van der Waals surface area contributed by atoms with Crippen LogP contribution in [-0.4, -0.2) is 53.3 Å². The number of piperidine rings is 1. The van der Waals surface area contributed by atoms with Crippen molar-refractivity contribution in [2.24, 2.45) is 5.73 Å². The van der Waals surface area contributed by atoms with E-state index in [1.807, 2.05) is 36.1 Å². The van der Waals surface area contributed by atoms with Gasteiger partial charge in [0.25, 0.3) is 5.91 Å². The molecule has 5 heteroatoms. The van der Waals surface area contributed by atoms with Crippen LogP contribution in [0.15, 0.2) is 24.3 Å². The lowest BCUT2D eigenvalue weighted by atomic mass is 10.00. The predicted molar refractivity (Wildman–Crippen MR) is 89.0 cm³/mol. The summed E-state index contributed by atoms with van der Waals surface area (Å²) in [7, 11) is 0. The summed E-state index contributed by atoms with van der Waals surface area (Å²) >= 11 is 0. The van der Waals surface area contributed by atoms with Gasteiger partial charge in [-0.2, -0.15) is 0 Å². The summed E-state index contributed by atoms with van der Waals surface area (Å²) < 4.78 is 0. The molecule has 0 aromatic heterocycles. The van der Waals surface area contributed by atoms with Crippen LogP contribution in [0.4, 0.5) is 0 Å². The largest absolute Gasteiger partial charge is 0.368 e. The number of aryl methyl sites for hydroxylation is 1. The molecule has 1 aromatic rings. The molecule has 0 spiro atoms. The fourth-order valence-electron chi connectivity index (χ4n) is 3.92. The van der Waals surface area contributed by atoms with Crippen molar-refractivity contribution in [1.82, 2.24) is 9.80 Å². The Kier molecular flexibility index (Phi) is 4.66. The molecule has 0 aliphatic carbocycles. The van der Waals surface area contributed by atoms with E-state index in [9.17, 15) is 9.59 Å². The molecule has 0 radical (unpaired) electrons. The molecule has 2 heterocycles. The molecule has 1 aromatic carbocycles. The second-order valence-electron chi connectivity index (χ2n) is 6.64. The quantitative estimate of drug-likeness (QED) is 0.920. The van der Waals surface area contributed by atoms with Gasteiger partial charge in [-0.3, -0.25) is 14.5 Å². The van der Waals surface area contributed by atoms with Gasteiger partial charge in [-0.25, -0.2) is 0 Å². The van der Waals surface area contributed by atoms with Crippen LogP contribution < -0.4 is 5.73 Å². The molecule has 0 bridgehead atoms. The number of nitrogens with two attached hydrogens (primary N) is 1. The molecule has 2 aliphatic rings. The van der Waals surface area contributed by atoms with Crippen molar-refractivity contribution in [2.45, 2.75) is 44.7 Å². The van der Waals surface area contributed by atoms with Crippen LogP contribution in [0.1, 0.15) is 41.6 Å². The molecular weight excluding hydrogens is 290 g/mol. The molecule has 0 saturated carbocycles. The molecule has 2 fully saturated rings. The molecule has 23 heavy (non-hydrogen) atoms. The molecule has 2 N–H and O–H groups in total. The van der Waals surface area contributed by atoms with Crippen LogP contribution in [-0.2, 0) is 4.79 Å². The Hall–Kier alpha value is -1.88. The third kappa shape index (κ3) is 3.24. The third-order valence-corrected chi connectivity index (χ3v) is 5.22. The Morgan fingerprint density at radius 3 is 2.43 bits per heavy atom. The van der Waals surface area contributed by atoms with Gasteiger partial charge in [0.05, 0.1) is 6.04 Å². The first kappa shape index (κ1) is 16.0. The summed E-state index contributed by atoms with van der Waals surface area (Å²) in [4.78, 5) is 28.4. The highest BCUT2D eigenvalue weighted by atomic mass is 16.2. The van der Waals surface area contributed by atoms with Gasteiger partial charge < -0.3 is 10.6 Å². The monoisotopic (exact) mass is 315 g/mol. The number of benzene rings is 1. The minimum atomic E-state index is -0.207. The Labute approximate surface area is 137 Å². The van der Waals surface area contributed by atoms with E-state index in [1.54, 1.807) is 0 Å². The molecule has 2 amide bonds.